The number of halogens is 4. The highest BCUT2D eigenvalue weighted by Gasteiger charge is 2.09. The van der Waals surface area contributed by atoms with E-state index >= 15 is 0 Å². The van der Waals surface area contributed by atoms with Gasteiger partial charge in [-0.25, -0.2) is 0 Å². The summed E-state index contributed by atoms with van der Waals surface area (Å²) in [6.07, 6.45) is 0. The van der Waals surface area contributed by atoms with Crippen molar-refractivity contribution in [2.24, 2.45) is 4.99 Å². The van der Waals surface area contributed by atoms with Gasteiger partial charge in [-0.05, 0) is 23.8 Å². The third kappa shape index (κ3) is 7.43. The number of hydrogen-bond donors (Lipinski definition) is 2. The molecule has 0 aliphatic carbocycles. The number of nitrogens with zero attached hydrogens (tertiary/aromatic N) is 1. The first-order valence-electron chi connectivity index (χ1n) is 7.30. The van der Waals surface area contributed by atoms with Gasteiger partial charge in [-0.2, -0.15) is 8.78 Å². The standard InChI is InChI=1S/C17H18ClF2N3O.HI/c1-21-17(22-10-12-6-8-14(18)9-7-12)23-11-13-4-2-3-5-15(13)24-16(19)20;/h2-9,16H,10-11H2,1H3,(H2,21,22,23);1H. The van der Waals surface area contributed by atoms with Crippen molar-refractivity contribution >= 4 is 41.5 Å². The molecular formula is C17H19ClF2IN3O. The van der Waals surface area contributed by atoms with Crippen LogP contribution in [0.4, 0.5) is 8.78 Å². The van der Waals surface area contributed by atoms with Gasteiger partial charge < -0.3 is 15.4 Å². The molecule has 0 radical (unpaired) electrons. The number of benzene rings is 2. The number of aliphatic imine (C=N–C) groups is 1. The molecule has 0 atom stereocenters. The summed E-state index contributed by atoms with van der Waals surface area (Å²) in [7, 11) is 1.64. The van der Waals surface area contributed by atoms with Crippen molar-refractivity contribution in [2.45, 2.75) is 19.7 Å². The Hall–Kier alpha value is -1.61. The van der Waals surface area contributed by atoms with Crippen LogP contribution in [0.1, 0.15) is 11.1 Å². The van der Waals surface area contributed by atoms with Crippen LogP contribution in [-0.2, 0) is 13.1 Å². The van der Waals surface area contributed by atoms with E-state index in [-0.39, 0.29) is 29.7 Å². The van der Waals surface area contributed by atoms with Crippen molar-refractivity contribution in [3.05, 3.63) is 64.7 Å². The Morgan fingerprint density at radius 3 is 2.36 bits per heavy atom. The molecule has 0 heterocycles. The second-order valence-electron chi connectivity index (χ2n) is 4.89. The topological polar surface area (TPSA) is 45.7 Å². The van der Waals surface area contributed by atoms with Crippen LogP contribution in [0, 0.1) is 0 Å². The van der Waals surface area contributed by atoms with E-state index in [1.54, 1.807) is 25.2 Å². The molecule has 2 aromatic rings. The molecule has 25 heavy (non-hydrogen) atoms. The van der Waals surface area contributed by atoms with Gasteiger partial charge in [-0.15, -0.1) is 24.0 Å². The van der Waals surface area contributed by atoms with E-state index in [2.05, 4.69) is 20.4 Å². The fraction of sp³-hybridized carbons (Fsp3) is 0.235. The Morgan fingerprint density at radius 2 is 1.72 bits per heavy atom. The first-order valence-corrected chi connectivity index (χ1v) is 7.68. The summed E-state index contributed by atoms with van der Waals surface area (Å²) in [4.78, 5) is 4.11. The van der Waals surface area contributed by atoms with E-state index in [4.69, 9.17) is 11.6 Å². The van der Waals surface area contributed by atoms with Gasteiger partial charge in [0.1, 0.15) is 5.75 Å². The smallest absolute Gasteiger partial charge is 0.387 e. The maximum absolute atomic E-state index is 12.4. The number of ether oxygens (including phenoxy) is 1. The van der Waals surface area contributed by atoms with Crippen LogP contribution < -0.4 is 15.4 Å². The largest absolute Gasteiger partial charge is 0.434 e. The highest BCUT2D eigenvalue weighted by atomic mass is 127. The summed E-state index contributed by atoms with van der Waals surface area (Å²) in [5.74, 6) is 0.699. The molecule has 0 fully saturated rings. The van der Waals surface area contributed by atoms with Gasteiger partial charge >= 0.3 is 6.61 Å². The average Bonchev–Trinajstić information content (AvgIpc) is 2.57. The van der Waals surface area contributed by atoms with Crippen molar-refractivity contribution in [1.29, 1.82) is 0 Å². The quantitative estimate of drug-likeness (QED) is 0.365. The van der Waals surface area contributed by atoms with Gasteiger partial charge in [-0.1, -0.05) is 41.9 Å². The molecule has 0 saturated carbocycles. The molecule has 0 aliphatic heterocycles. The molecule has 2 aromatic carbocycles. The number of rotatable bonds is 6. The Labute approximate surface area is 167 Å². The van der Waals surface area contributed by atoms with Gasteiger partial charge in [0, 0.05) is 30.7 Å². The normalized spacial score (nSPS) is 11.0. The van der Waals surface area contributed by atoms with Crippen LogP contribution in [0.5, 0.6) is 5.75 Å². The predicted octanol–water partition coefficient (Wildman–Crippen LogP) is 4.42. The molecule has 0 amide bonds. The summed E-state index contributed by atoms with van der Waals surface area (Å²) in [5.41, 5.74) is 1.66. The molecule has 0 saturated heterocycles. The third-order valence-corrected chi connectivity index (χ3v) is 3.48. The van der Waals surface area contributed by atoms with Crippen LogP contribution in [0.3, 0.4) is 0 Å². The molecule has 0 bridgehead atoms. The highest BCUT2D eigenvalue weighted by molar-refractivity contribution is 14.0. The molecule has 0 aliphatic rings. The zero-order valence-corrected chi connectivity index (χ0v) is 16.6. The lowest BCUT2D eigenvalue weighted by molar-refractivity contribution is -0.0504. The second kappa shape index (κ2) is 11.1. The molecule has 0 unspecified atom stereocenters. The van der Waals surface area contributed by atoms with Crippen molar-refractivity contribution in [1.82, 2.24) is 10.6 Å². The maximum Gasteiger partial charge on any atom is 0.387 e. The lowest BCUT2D eigenvalue weighted by Crippen LogP contribution is -2.36. The van der Waals surface area contributed by atoms with Gasteiger partial charge in [-0.3, -0.25) is 4.99 Å². The van der Waals surface area contributed by atoms with Crippen molar-refractivity contribution in [3.8, 4) is 5.75 Å². The van der Waals surface area contributed by atoms with Crippen LogP contribution in [0.25, 0.3) is 0 Å². The zero-order valence-electron chi connectivity index (χ0n) is 13.5. The highest BCUT2D eigenvalue weighted by Crippen LogP contribution is 2.19. The molecule has 0 aromatic heterocycles. The van der Waals surface area contributed by atoms with Crippen LogP contribution in [0.2, 0.25) is 5.02 Å². The van der Waals surface area contributed by atoms with E-state index in [1.165, 1.54) is 6.07 Å². The number of nitrogens with one attached hydrogen (secondary N) is 2. The summed E-state index contributed by atoms with van der Waals surface area (Å²) in [5, 5.41) is 6.89. The molecule has 0 spiro atoms. The van der Waals surface area contributed by atoms with E-state index in [0.717, 1.165) is 5.56 Å². The minimum atomic E-state index is -2.85. The lowest BCUT2D eigenvalue weighted by atomic mass is 10.2. The summed E-state index contributed by atoms with van der Waals surface area (Å²) >= 11 is 5.85. The minimum Gasteiger partial charge on any atom is -0.434 e. The van der Waals surface area contributed by atoms with Gasteiger partial charge in [0.2, 0.25) is 0 Å². The fourth-order valence-electron chi connectivity index (χ4n) is 2.05. The van der Waals surface area contributed by atoms with Crippen LogP contribution in [-0.4, -0.2) is 19.6 Å². The van der Waals surface area contributed by atoms with Gasteiger partial charge in [0.15, 0.2) is 5.96 Å². The van der Waals surface area contributed by atoms with Crippen molar-refractivity contribution < 1.29 is 13.5 Å². The van der Waals surface area contributed by atoms with Crippen molar-refractivity contribution in [2.75, 3.05) is 7.05 Å². The number of hydrogen-bond acceptors (Lipinski definition) is 2. The third-order valence-electron chi connectivity index (χ3n) is 3.23. The van der Waals surface area contributed by atoms with Crippen LogP contribution >= 0.6 is 35.6 Å². The van der Waals surface area contributed by atoms with E-state index in [9.17, 15) is 8.78 Å². The summed E-state index contributed by atoms with van der Waals surface area (Å²) in [6.45, 7) is -1.98. The predicted molar refractivity (Wildman–Crippen MR) is 107 cm³/mol. The Morgan fingerprint density at radius 1 is 1.08 bits per heavy atom. The molecular weight excluding hydrogens is 463 g/mol. The average molecular weight is 482 g/mol. The summed E-state index contributed by atoms with van der Waals surface area (Å²) < 4.78 is 29.3. The van der Waals surface area contributed by atoms with Crippen molar-refractivity contribution in [3.63, 3.8) is 0 Å². The zero-order chi connectivity index (χ0) is 17.4. The number of alkyl halides is 2. The lowest BCUT2D eigenvalue weighted by Gasteiger charge is -2.14. The molecule has 2 rings (SSSR count). The Kier molecular flexibility index (Phi) is 9.51. The van der Waals surface area contributed by atoms with E-state index in [0.29, 0.717) is 29.6 Å². The van der Waals surface area contributed by atoms with Crippen LogP contribution in [0.15, 0.2) is 53.5 Å². The molecule has 4 nitrogen and oxygen atoms in total. The molecule has 8 heteroatoms. The van der Waals surface area contributed by atoms with Gasteiger partial charge in [0.25, 0.3) is 0 Å². The number of para-hydroxylation sites is 1. The SMILES string of the molecule is CN=C(NCc1ccc(Cl)cc1)NCc1ccccc1OC(F)F.I. The van der Waals surface area contributed by atoms with E-state index < -0.39 is 6.61 Å². The first-order chi connectivity index (χ1) is 11.6. The maximum atomic E-state index is 12.4. The summed E-state index contributed by atoms with van der Waals surface area (Å²) in [6, 6.07) is 14.1. The second-order valence-corrected chi connectivity index (χ2v) is 5.33. The number of guanidine groups is 1. The van der Waals surface area contributed by atoms with Gasteiger partial charge in [0.05, 0.1) is 0 Å². The monoisotopic (exact) mass is 481 g/mol. The molecule has 136 valence electrons. The Bertz CT molecular complexity index is 684. The minimum absolute atomic E-state index is 0. The Balaban J connectivity index is 0.00000312. The van der Waals surface area contributed by atoms with E-state index in [1.807, 2.05) is 24.3 Å². The first kappa shape index (κ1) is 21.4. The fourth-order valence-corrected chi connectivity index (χ4v) is 2.17. The molecule has 2 N–H and O–H groups in total.